The lowest BCUT2D eigenvalue weighted by Gasteiger charge is -2.12. The van der Waals surface area contributed by atoms with Crippen LogP contribution in [0.3, 0.4) is 0 Å². The third kappa shape index (κ3) is 5.53. The summed E-state index contributed by atoms with van der Waals surface area (Å²) in [7, 11) is 4.08. The summed E-state index contributed by atoms with van der Waals surface area (Å²) in [6, 6.07) is 14.6. The molecule has 128 valence electrons. The van der Waals surface area contributed by atoms with Gasteiger partial charge in [-0.1, -0.05) is 37.3 Å². The molecule has 0 aliphatic carbocycles. The number of halogens is 1. The Kier molecular flexibility index (Phi) is 7.12. The van der Waals surface area contributed by atoms with Crippen molar-refractivity contribution in [2.24, 2.45) is 5.92 Å². The zero-order valence-electron chi connectivity index (χ0n) is 14.4. The molecule has 1 unspecified atom stereocenters. The molecule has 0 saturated carbocycles. The molecule has 0 fully saturated rings. The van der Waals surface area contributed by atoms with Crippen LogP contribution in [0.4, 0.5) is 5.69 Å². The van der Waals surface area contributed by atoms with Gasteiger partial charge in [0.2, 0.25) is 0 Å². The van der Waals surface area contributed by atoms with Gasteiger partial charge in [0.05, 0.1) is 10.2 Å². The smallest absolute Gasteiger partial charge is 0.132 e. The Bertz CT molecular complexity index is 681. The summed E-state index contributed by atoms with van der Waals surface area (Å²) in [6.45, 7) is 2.63. The molecule has 0 saturated heterocycles. The first-order valence-electron chi connectivity index (χ1n) is 7.98. The van der Waals surface area contributed by atoms with E-state index in [1.54, 1.807) is 0 Å². The van der Waals surface area contributed by atoms with E-state index in [0.29, 0.717) is 6.61 Å². The largest absolute Gasteiger partial charge is 0.492 e. The van der Waals surface area contributed by atoms with Crippen LogP contribution < -0.4 is 9.64 Å². The van der Waals surface area contributed by atoms with Crippen LogP contribution in [0, 0.1) is 9.49 Å². The number of nitrogens with zero attached hydrogens (tertiary/aromatic N) is 1. The van der Waals surface area contributed by atoms with Crippen molar-refractivity contribution < 1.29 is 9.84 Å². The minimum Gasteiger partial charge on any atom is -0.492 e. The molecule has 2 rings (SSSR count). The molecule has 0 heterocycles. The van der Waals surface area contributed by atoms with Gasteiger partial charge in [-0.2, -0.15) is 0 Å². The predicted molar refractivity (Wildman–Crippen MR) is 111 cm³/mol. The van der Waals surface area contributed by atoms with Crippen LogP contribution in [-0.2, 0) is 0 Å². The minimum atomic E-state index is 0.143. The highest BCUT2D eigenvalue weighted by Gasteiger charge is 2.05. The number of aliphatic hydroxyl groups excluding tert-OH is 1. The number of rotatable bonds is 7. The van der Waals surface area contributed by atoms with Gasteiger partial charge >= 0.3 is 0 Å². The summed E-state index contributed by atoms with van der Waals surface area (Å²) >= 11 is 2.28. The van der Waals surface area contributed by atoms with Crippen molar-refractivity contribution >= 4 is 40.4 Å². The first-order chi connectivity index (χ1) is 11.5. The molecule has 1 atom stereocenters. The third-order valence-electron chi connectivity index (χ3n) is 3.67. The zero-order chi connectivity index (χ0) is 17.5. The summed E-state index contributed by atoms with van der Waals surface area (Å²) in [6.07, 6.45) is 4.21. The maximum atomic E-state index is 9.06. The van der Waals surface area contributed by atoms with E-state index in [2.05, 4.69) is 70.0 Å². The standard InChI is InChI=1S/C20H24INO2/c1-15(13-23)14-24-20-11-8-17(12-19(20)21)5-4-16-6-9-18(10-7-16)22(2)3/h4-12,15,23H,13-14H2,1-3H3/b5-4+/i21-4. The normalized spacial score (nSPS) is 12.4. The van der Waals surface area contributed by atoms with Gasteiger partial charge in [0.1, 0.15) is 5.75 Å². The molecule has 2 aromatic carbocycles. The van der Waals surface area contributed by atoms with Crippen LogP contribution in [-0.4, -0.2) is 32.4 Å². The zero-order valence-corrected chi connectivity index (χ0v) is 16.5. The Morgan fingerprint density at radius 3 is 2.29 bits per heavy atom. The number of hydrogen-bond donors (Lipinski definition) is 1. The van der Waals surface area contributed by atoms with Crippen molar-refractivity contribution in [3.63, 3.8) is 0 Å². The molecule has 0 spiro atoms. The van der Waals surface area contributed by atoms with Gasteiger partial charge in [0, 0.05) is 32.3 Å². The molecule has 0 aliphatic rings. The fraction of sp³-hybridized carbons (Fsp3) is 0.300. The molecule has 0 aromatic heterocycles. The van der Waals surface area contributed by atoms with Crippen molar-refractivity contribution in [2.75, 3.05) is 32.2 Å². The summed E-state index contributed by atoms with van der Waals surface area (Å²) in [5, 5.41) is 9.06. The first-order valence-corrected chi connectivity index (χ1v) is 9.06. The molecule has 24 heavy (non-hydrogen) atoms. The lowest BCUT2D eigenvalue weighted by Crippen LogP contribution is -2.12. The van der Waals surface area contributed by atoms with E-state index in [4.69, 9.17) is 9.84 Å². The van der Waals surface area contributed by atoms with Crippen molar-refractivity contribution in [3.8, 4) is 5.75 Å². The fourth-order valence-corrected chi connectivity index (χ4v) is 2.79. The average molecular weight is 433 g/mol. The molecule has 0 radical (unpaired) electrons. The van der Waals surface area contributed by atoms with Gasteiger partial charge in [0.25, 0.3) is 0 Å². The van der Waals surface area contributed by atoms with Crippen LogP contribution in [0.1, 0.15) is 18.1 Å². The van der Waals surface area contributed by atoms with Crippen molar-refractivity contribution in [2.45, 2.75) is 6.92 Å². The van der Waals surface area contributed by atoms with Gasteiger partial charge in [-0.05, 0) is 58.0 Å². The highest BCUT2D eigenvalue weighted by atomic mass is 123. The third-order valence-corrected chi connectivity index (χ3v) is 4.51. The number of aliphatic hydroxyl groups is 1. The molecule has 2 aromatic rings. The van der Waals surface area contributed by atoms with Gasteiger partial charge in [0.15, 0.2) is 0 Å². The van der Waals surface area contributed by atoms with Gasteiger partial charge in [-0.15, -0.1) is 0 Å². The van der Waals surface area contributed by atoms with Crippen molar-refractivity contribution in [3.05, 3.63) is 57.2 Å². The monoisotopic (exact) mass is 433 g/mol. The summed E-state index contributed by atoms with van der Waals surface area (Å²) in [5.41, 5.74) is 3.51. The molecular weight excluding hydrogens is 409 g/mol. The van der Waals surface area contributed by atoms with Crippen LogP contribution >= 0.6 is 22.6 Å². The summed E-state index contributed by atoms with van der Waals surface area (Å²) in [5.74, 6) is 1.01. The quantitative estimate of drug-likeness (QED) is 0.515. The fourth-order valence-electron chi connectivity index (χ4n) is 2.10. The minimum absolute atomic E-state index is 0.143. The van der Waals surface area contributed by atoms with E-state index in [0.717, 1.165) is 14.9 Å². The second-order valence-corrected chi connectivity index (χ2v) is 7.27. The lowest BCUT2D eigenvalue weighted by molar-refractivity contribution is 0.174. The van der Waals surface area contributed by atoms with E-state index in [9.17, 15) is 0 Å². The van der Waals surface area contributed by atoms with E-state index >= 15 is 0 Å². The highest BCUT2D eigenvalue weighted by molar-refractivity contribution is 14.1. The molecule has 0 amide bonds. The summed E-state index contributed by atoms with van der Waals surface area (Å²) in [4.78, 5) is 2.09. The SMILES string of the molecule is CC(CO)COc1ccc(/C=C/c2ccc(N(C)C)cc2)cc1[123I]. The van der Waals surface area contributed by atoms with Crippen molar-refractivity contribution in [1.29, 1.82) is 0 Å². The average Bonchev–Trinajstić information content (AvgIpc) is 2.59. The second kappa shape index (κ2) is 9.08. The molecule has 0 bridgehead atoms. The van der Waals surface area contributed by atoms with Gasteiger partial charge in [-0.3, -0.25) is 0 Å². The molecular formula is C20H24INO2. The first kappa shape index (κ1) is 18.8. The maximum Gasteiger partial charge on any atom is 0.132 e. The van der Waals surface area contributed by atoms with E-state index in [-0.39, 0.29) is 12.5 Å². The Balaban J connectivity index is 2.03. The Labute approximate surface area is 158 Å². The second-order valence-electron chi connectivity index (χ2n) is 6.11. The number of ether oxygens (including phenoxy) is 1. The molecule has 4 heteroatoms. The Hall–Kier alpha value is -1.53. The predicted octanol–water partition coefficient (Wildman–Crippen LogP) is 4.53. The van der Waals surface area contributed by atoms with E-state index in [1.165, 1.54) is 11.3 Å². The van der Waals surface area contributed by atoms with Gasteiger partial charge < -0.3 is 14.7 Å². The Morgan fingerprint density at radius 1 is 1.08 bits per heavy atom. The van der Waals surface area contributed by atoms with Crippen LogP contribution in [0.15, 0.2) is 42.5 Å². The number of hydrogen-bond acceptors (Lipinski definition) is 3. The Morgan fingerprint density at radius 2 is 1.71 bits per heavy atom. The van der Waals surface area contributed by atoms with Gasteiger partial charge in [-0.25, -0.2) is 0 Å². The highest BCUT2D eigenvalue weighted by Crippen LogP contribution is 2.24. The molecule has 0 aliphatic heterocycles. The topological polar surface area (TPSA) is 32.7 Å². The van der Waals surface area contributed by atoms with Crippen LogP contribution in [0.5, 0.6) is 5.75 Å². The van der Waals surface area contributed by atoms with Crippen molar-refractivity contribution in [1.82, 2.24) is 0 Å². The van der Waals surface area contributed by atoms with E-state index in [1.807, 2.05) is 33.2 Å². The van der Waals surface area contributed by atoms with E-state index < -0.39 is 0 Å². The molecule has 1 N–H and O–H groups in total. The number of benzene rings is 2. The number of anilines is 1. The molecule has 3 nitrogen and oxygen atoms in total. The summed E-state index contributed by atoms with van der Waals surface area (Å²) < 4.78 is 6.82. The van der Waals surface area contributed by atoms with Crippen LogP contribution in [0.2, 0.25) is 0 Å². The van der Waals surface area contributed by atoms with Crippen LogP contribution in [0.25, 0.3) is 12.2 Å². The lowest BCUT2D eigenvalue weighted by atomic mass is 10.1. The maximum absolute atomic E-state index is 9.06.